The number of fused-ring (bicyclic) bond motifs is 2. The van der Waals surface area contributed by atoms with Crippen LogP contribution in [0.2, 0.25) is 0 Å². The minimum atomic E-state index is -0.891. The van der Waals surface area contributed by atoms with Crippen LogP contribution in [0.15, 0.2) is 45.2 Å². The molecule has 4 rings (SSSR count). The Hall–Kier alpha value is -4.41. The Balaban J connectivity index is 1.57. The molecular weight excluding hydrogens is 526 g/mol. The van der Waals surface area contributed by atoms with E-state index in [0.29, 0.717) is 31.6 Å². The fraction of sp³-hybridized carbons (Fsp3) is 0.433. The van der Waals surface area contributed by atoms with E-state index in [9.17, 15) is 19.2 Å². The minimum Gasteiger partial charge on any atom is -0.451 e. The fourth-order valence-electron chi connectivity index (χ4n) is 4.53. The topological polar surface area (TPSA) is 156 Å². The van der Waals surface area contributed by atoms with Crippen LogP contribution < -0.4 is 21.3 Å². The van der Waals surface area contributed by atoms with Crippen LogP contribution in [0.3, 0.4) is 0 Å². The maximum Gasteiger partial charge on any atom is 0.287 e. The van der Waals surface area contributed by atoms with Crippen LogP contribution in [0.1, 0.15) is 84.3 Å². The first-order valence-corrected chi connectivity index (χ1v) is 13.9. The van der Waals surface area contributed by atoms with E-state index in [2.05, 4.69) is 26.3 Å². The van der Waals surface area contributed by atoms with Crippen molar-refractivity contribution in [2.45, 2.75) is 72.0 Å². The molecule has 0 saturated carbocycles. The van der Waals surface area contributed by atoms with Crippen LogP contribution in [0.25, 0.3) is 11.3 Å². The number of aromatic nitrogens is 1. The number of hydrogen-bond acceptors (Lipinski definition) is 7. The first kappa shape index (κ1) is 29.6. The predicted octanol–water partition coefficient (Wildman–Crippen LogP) is 3.58. The first-order chi connectivity index (χ1) is 19.5. The van der Waals surface area contributed by atoms with Crippen molar-refractivity contribution in [1.29, 1.82) is 0 Å². The van der Waals surface area contributed by atoms with Gasteiger partial charge in [-0.3, -0.25) is 19.2 Å². The lowest BCUT2D eigenvalue weighted by Gasteiger charge is -2.24. The molecule has 11 nitrogen and oxygen atoms in total. The smallest absolute Gasteiger partial charge is 0.287 e. The van der Waals surface area contributed by atoms with Crippen molar-refractivity contribution in [2.75, 3.05) is 6.54 Å². The normalized spacial score (nSPS) is 20.7. The van der Waals surface area contributed by atoms with Gasteiger partial charge in [0.25, 0.3) is 11.8 Å². The van der Waals surface area contributed by atoms with Crippen molar-refractivity contribution in [2.24, 2.45) is 5.92 Å². The summed E-state index contributed by atoms with van der Waals surface area (Å²) in [6.07, 6.45) is 1.44. The molecule has 0 saturated heterocycles. The molecule has 3 atom stereocenters. The molecule has 3 heterocycles. The van der Waals surface area contributed by atoms with Gasteiger partial charge < -0.3 is 30.1 Å². The lowest BCUT2D eigenvalue weighted by atomic mass is 10.0. The Labute approximate surface area is 238 Å². The molecule has 1 aliphatic rings. The quantitative estimate of drug-likeness (QED) is 0.378. The van der Waals surface area contributed by atoms with Crippen molar-refractivity contribution < 1.29 is 28.0 Å². The Morgan fingerprint density at radius 3 is 2.41 bits per heavy atom. The molecule has 0 unspecified atom stereocenters. The molecule has 3 aromatic rings. The molecule has 0 radical (unpaired) electrons. The molecule has 0 fully saturated rings. The number of amides is 4. The average molecular weight is 564 g/mol. The second kappa shape index (κ2) is 12.8. The lowest BCUT2D eigenvalue weighted by molar-refractivity contribution is -0.124. The highest BCUT2D eigenvalue weighted by Crippen LogP contribution is 2.25. The van der Waals surface area contributed by atoms with Crippen molar-refractivity contribution in [3.63, 3.8) is 0 Å². The maximum atomic E-state index is 13.5. The number of aryl methyl sites for hydroxylation is 2. The Morgan fingerprint density at radius 1 is 0.976 bits per heavy atom. The molecule has 218 valence electrons. The number of hydrogen-bond donors (Lipinski definition) is 4. The van der Waals surface area contributed by atoms with Gasteiger partial charge in [0, 0.05) is 12.1 Å². The summed E-state index contributed by atoms with van der Waals surface area (Å²) in [6, 6.07) is 8.71. The highest BCUT2D eigenvalue weighted by molar-refractivity contribution is 5.97. The second-order valence-corrected chi connectivity index (χ2v) is 10.7. The summed E-state index contributed by atoms with van der Waals surface area (Å²) in [4.78, 5) is 56.4. The molecule has 4 amide bonds. The van der Waals surface area contributed by atoms with E-state index in [4.69, 9.17) is 8.83 Å². The van der Waals surface area contributed by atoms with Crippen LogP contribution >= 0.6 is 0 Å². The monoisotopic (exact) mass is 563 g/mol. The van der Waals surface area contributed by atoms with Gasteiger partial charge in [-0.1, -0.05) is 43.7 Å². The summed E-state index contributed by atoms with van der Waals surface area (Å²) in [6.45, 7) is 9.30. The molecule has 0 spiro atoms. The largest absolute Gasteiger partial charge is 0.451 e. The summed E-state index contributed by atoms with van der Waals surface area (Å²) in [5.74, 6) is -0.912. The predicted molar refractivity (Wildman–Crippen MR) is 151 cm³/mol. The lowest BCUT2D eigenvalue weighted by Crippen LogP contribution is -2.48. The van der Waals surface area contributed by atoms with Crippen molar-refractivity contribution in [3.05, 3.63) is 65.1 Å². The van der Waals surface area contributed by atoms with E-state index in [1.54, 1.807) is 26.0 Å². The van der Waals surface area contributed by atoms with Gasteiger partial charge in [-0.15, -0.1) is 0 Å². The van der Waals surface area contributed by atoms with E-state index < -0.39 is 35.8 Å². The van der Waals surface area contributed by atoms with E-state index in [1.165, 1.54) is 0 Å². The molecule has 4 N–H and O–H groups in total. The van der Waals surface area contributed by atoms with Gasteiger partial charge in [0.1, 0.15) is 29.6 Å². The number of nitrogens with zero attached hydrogens (tertiary/aromatic N) is 1. The molecule has 2 bridgehead atoms. The number of furan rings is 1. The SMILES string of the molecule is Cc1ccc(-c2ccc(C(=O)N[C@H]3CCCCNC(=O)[C@@H](C)NC(=O)c4nc(oc4C)[C@H](C(C)C)NC3=O)o2)cc1. The third-order valence-electron chi connectivity index (χ3n) is 7.01. The number of carbonyl (C=O) groups excluding carboxylic acids is 4. The molecule has 1 aromatic carbocycles. The number of oxazole rings is 1. The van der Waals surface area contributed by atoms with Crippen LogP contribution in [-0.2, 0) is 9.59 Å². The van der Waals surface area contributed by atoms with Gasteiger partial charge in [-0.05, 0) is 58.1 Å². The van der Waals surface area contributed by atoms with Crippen molar-refractivity contribution in [1.82, 2.24) is 26.3 Å². The fourth-order valence-corrected chi connectivity index (χ4v) is 4.53. The molecule has 11 heteroatoms. The highest BCUT2D eigenvalue weighted by Gasteiger charge is 2.31. The Morgan fingerprint density at radius 2 is 1.71 bits per heavy atom. The zero-order valence-corrected chi connectivity index (χ0v) is 24.0. The van der Waals surface area contributed by atoms with Crippen LogP contribution in [0.5, 0.6) is 0 Å². The summed E-state index contributed by atoms with van der Waals surface area (Å²) in [5.41, 5.74) is 1.98. The Bertz CT molecular complexity index is 1410. The second-order valence-electron chi connectivity index (χ2n) is 10.7. The zero-order valence-electron chi connectivity index (χ0n) is 24.0. The van der Waals surface area contributed by atoms with Gasteiger partial charge in [0.2, 0.25) is 17.7 Å². The number of benzene rings is 1. The van der Waals surface area contributed by atoms with Gasteiger partial charge in [-0.25, -0.2) is 4.98 Å². The number of carbonyl (C=O) groups is 4. The van der Waals surface area contributed by atoms with Gasteiger partial charge >= 0.3 is 0 Å². The van der Waals surface area contributed by atoms with Gasteiger partial charge in [-0.2, -0.15) is 0 Å². The van der Waals surface area contributed by atoms with Crippen molar-refractivity contribution >= 4 is 23.6 Å². The minimum absolute atomic E-state index is 0.0405. The van der Waals surface area contributed by atoms with E-state index in [-0.39, 0.29) is 34.9 Å². The van der Waals surface area contributed by atoms with Crippen LogP contribution in [0.4, 0.5) is 0 Å². The standard InChI is InChI=1S/C30H37N5O6/c1-16(2)24-30-35-25(19(5)40-30)29(39)32-18(4)26(36)31-15-7-6-8-21(27(37)34-24)33-28(38)23-14-13-22(41-23)20-11-9-17(3)10-12-20/h9-14,16,18,21,24H,6-8,15H2,1-5H3,(H,31,36)(H,32,39)(H,33,38)(H,34,37)/t18-,21+,24+/m1/s1. The van der Waals surface area contributed by atoms with Gasteiger partial charge in [0.15, 0.2) is 11.5 Å². The summed E-state index contributed by atoms with van der Waals surface area (Å²) in [7, 11) is 0. The zero-order chi connectivity index (χ0) is 29.7. The number of rotatable bonds is 4. The number of nitrogens with one attached hydrogen (secondary N) is 4. The van der Waals surface area contributed by atoms with Gasteiger partial charge in [0.05, 0.1) is 0 Å². The van der Waals surface area contributed by atoms with E-state index in [0.717, 1.165) is 11.1 Å². The molecule has 41 heavy (non-hydrogen) atoms. The third-order valence-corrected chi connectivity index (χ3v) is 7.01. The summed E-state index contributed by atoms with van der Waals surface area (Å²) >= 11 is 0. The average Bonchev–Trinajstić information content (AvgIpc) is 3.57. The third kappa shape index (κ3) is 7.22. The van der Waals surface area contributed by atoms with Crippen LogP contribution in [-0.4, -0.2) is 47.2 Å². The van der Waals surface area contributed by atoms with Crippen LogP contribution in [0, 0.1) is 19.8 Å². The molecule has 0 aliphatic carbocycles. The Kier molecular flexibility index (Phi) is 9.26. The van der Waals surface area contributed by atoms with Crippen molar-refractivity contribution in [3.8, 4) is 11.3 Å². The highest BCUT2D eigenvalue weighted by atomic mass is 16.4. The maximum absolute atomic E-state index is 13.5. The first-order valence-electron chi connectivity index (χ1n) is 13.9. The summed E-state index contributed by atoms with van der Waals surface area (Å²) < 4.78 is 11.6. The molecular formula is C30H37N5O6. The molecule has 1 aliphatic heterocycles. The molecule has 2 aromatic heterocycles. The summed E-state index contributed by atoms with van der Waals surface area (Å²) in [5, 5.41) is 11.2. The van der Waals surface area contributed by atoms with E-state index >= 15 is 0 Å². The van der Waals surface area contributed by atoms with E-state index in [1.807, 2.05) is 45.0 Å².